The zero-order valence-corrected chi connectivity index (χ0v) is 8.72. The van der Waals surface area contributed by atoms with Crippen LogP contribution < -0.4 is 4.72 Å². The Hall–Kier alpha value is -1.32. The van der Waals surface area contributed by atoms with Crippen molar-refractivity contribution in [2.75, 3.05) is 0 Å². The summed E-state index contributed by atoms with van der Waals surface area (Å²) in [5.74, 6) is 2.81. The Kier molecular flexibility index (Phi) is 2.93. The standard InChI is InChI=1S/C8H11N3O2S/c1-4-6(2)11-14(12,13)8-5-9-7(3)10-8/h1,5-6,11H,2-3H3,(H,9,10). The molecular weight excluding hydrogens is 202 g/mol. The maximum absolute atomic E-state index is 11.5. The summed E-state index contributed by atoms with van der Waals surface area (Å²) in [7, 11) is -3.56. The van der Waals surface area contributed by atoms with Gasteiger partial charge in [0.25, 0.3) is 10.0 Å². The first-order chi connectivity index (χ1) is 6.45. The Morgan fingerprint density at radius 1 is 1.71 bits per heavy atom. The molecule has 1 aromatic rings. The SMILES string of the molecule is C#CC(C)NS(=O)(=O)c1cnc(C)[nH]1. The normalized spacial score (nSPS) is 13.5. The van der Waals surface area contributed by atoms with E-state index in [1.54, 1.807) is 13.8 Å². The summed E-state index contributed by atoms with van der Waals surface area (Å²) >= 11 is 0. The van der Waals surface area contributed by atoms with E-state index in [1.807, 2.05) is 0 Å². The number of hydrogen-bond acceptors (Lipinski definition) is 3. The average Bonchev–Trinajstić information content (AvgIpc) is 2.51. The zero-order valence-electron chi connectivity index (χ0n) is 7.90. The summed E-state index contributed by atoms with van der Waals surface area (Å²) < 4.78 is 25.4. The number of H-pyrrole nitrogens is 1. The van der Waals surface area contributed by atoms with Crippen LogP contribution in [0.4, 0.5) is 0 Å². The van der Waals surface area contributed by atoms with Gasteiger partial charge < -0.3 is 4.98 Å². The number of terminal acetylenes is 1. The molecule has 6 heteroatoms. The van der Waals surface area contributed by atoms with Crippen LogP contribution in [0.5, 0.6) is 0 Å². The molecule has 1 aromatic heterocycles. The summed E-state index contributed by atoms with van der Waals surface area (Å²) in [5.41, 5.74) is 0. The van der Waals surface area contributed by atoms with Crippen molar-refractivity contribution in [1.82, 2.24) is 14.7 Å². The summed E-state index contributed by atoms with van der Waals surface area (Å²) in [4.78, 5) is 6.41. The molecule has 0 fully saturated rings. The van der Waals surface area contributed by atoms with Crippen LogP contribution in [0.1, 0.15) is 12.7 Å². The van der Waals surface area contributed by atoms with E-state index < -0.39 is 16.1 Å². The van der Waals surface area contributed by atoms with E-state index in [1.165, 1.54) is 6.20 Å². The third kappa shape index (κ3) is 2.34. The van der Waals surface area contributed by atoms with Crippen molar-refractivity contribution in [2.24, 2.45) is 0 Å². The fourth-order valence-corrected chi connectivity index (χ4v) is 2.00. The van der Waals surface area contributed by atoms with Crippen molar-refractivity contribution in [1.29, 1.82) is 0 Å². The highest BCUT2D eigenvalue weighted by Crippen LogP contribution is 2.05. The van der Waals surface area contributed by atoms with Crippen LogP contribution in [-0.2, 0) is 10.0 Å². The number of nitrogens with zero attached hydrogens (tertiary/aromatic N) is 1. The van der Waals surface area contributed by atoms with Crippen LogP contribution in [0.2, 0.25) is 0 Å². The number of hydrogen-bond donors (Lipinski definition) is 2. The number of aromatic amines is 1. The second kappa shape index (κ2) is 3.82. The predicted octanol–water partition coefficient (Wildman–Crippen LogP) is 0.0181. The van der Waals surface area contributed by atoms with Crippen molar-refractivity contribution >= 4 is 10.0 Å². The Balaban J connectivity index is 2.93. The molecule has 0 aliphatic heterocycles. The molecule has 1 unspecified atom stereocenters. The molecule has 2 N–H and O–H groups in total. The molecule has 1 heterocycles. The minimum absolute atomic E-state index is 0.0251. The quantitative estimate of drug-likeness (QED) is 0.695. The number of aromatic nitrogens is 2. The van der Waals surface area contributed by atoms with Gasteiger partial charge in [0.05, 0.1) is 12.2 Å². The minimum atomic E-state index is -3.56. The number of imidazole rings is 1. The largest absolute Gasteiger partial charge is 0.332 e. The van der Waals surface area contributed by atoms with Gasteiger partial charge in [0.1, 0.15) is 5.82 Å². The van der Waals surface area contributed by atoms with E-state index in [4.69, 9.17) is 6.42 Å². The first-order valence-electron chi connectivity index (χ1n) is 3.96. The molecule has 1 atom stereocenters. The second-order valence-corrected chi connectivity index (χ2v) is 4.52. The van der Waals surface area contributed by atoms with Crippen LogP contribution >= 0.6 is 0 Å². The van der Waals surface area contributed by atoms with Gasteiger partial charge in [-0.2, -0.15) is 4.72 Å². The summed E-state index contributed by atoms with van der Waals surface area (Å²) in [5, 5.41) is 0.0251. The Morgan fingerprint density at radius 3 is 2.79 bits per heavy atom. The summed E-state index contributed by atoms with van der Waals surface area (Å²) in [6.07, 6.45) is 6.31. The minimum Gasteiger partial charge on any atom is -0.332 e. The van der Waals surface area contributed by atoms with Crippen molar-refractivity contribution in [3.05, 3.63) is 12.0 Å². The van der Waals surface area contributed by atoms with Crippen molar-refractivity contribution in [2.45, 2.75) is 24.9 Å². The van der Waals surface area contributed by atoms with Gasteiger partial charge in [-0.25, -0.2) is 13.4 Å². The van der Waals surface area contributed by atoms with E-state index in [-0.39, 0.29) is 5.03 Å². The molecule has 0 saturated heterocycles. The summed E-state index contributed by atoms with van der Waals surface area (Å²) in [6, 6.07) is -0.538. The lowest BCUT2D eigenvalue weighted by Gasteiger charge is -2.06. The highest BCUT2D eigenvalue weighted by atomic mass is 32.2. The molecule has 0 amide bonds. The molecule has 0 bridgehead atoms. The number of nitrogens with one attached hydrogen (secondary N) is 2. The molecule has 1 rings (SSSR count). The van der Waals surface area contributed by atoms with Gasteiger partial charge in [-0.3, -0.25) is 0 Å². The van der Waals surface area contributed by atoms with Gasteiger partial charge in [-0.1, -0.05) is 5.92 Å². The topological polar surface area (TPSA) is 74.8 Å². The Morgan fingerprint density at radius 2 is 2.36 bits per heavy atom. The number of sulfonamides is 1. The number of rotatable bonds is 3. The molecule has 0 saturated carbocycles. The van der Waals surface area contributed by atoms with E-state index in [2.05, 4.69) is 20.6 Å². The van der Waals surface area contributed by atoms with Crippen LogP contribution in [0, 0.1) is 19.3 Å². The smallest absolute Gasteiger partial charge is 0.258 e. The van der Waals surface area contributed by atoms with Gasteiger partial charge in [-0.15, -0.1) is 6.42 Å². The fraction of sp³-hybridized carbons (Fsp3) is 0.375. The molecule has 0 radical (unpaired) electrons. The van der Waals surface area contributed by atoms with Crippen molar-refractivity contribution in [3.63, 3.8) is 0 Å². The molecule has 76 valence electrons. The average molecular weight is 213 g/mol. The molecule has 0 aliphatic rings. The van der Waals surface area contributed by atoms with Gasteiger partial charge in [0, 0.05) is 0 Å². The highest BCUT2D eigenvalue weighted by Gasteiger charge is 2.17. The van der Waals surface area contributed by atoms with E-state index in [0.29, 0.717) is 5.82 Å². The molecule has 5 nitrogen and oxygen atoms in total. The Bertz CT molecular complexity index is 455. The van der Waals surface area contributed by atoms with Crippen molar-refractivity contribution < 1.29 is 8.42 Å². The van der Waals surface area contributed by atoms with E-state index in [9.17, 15) is 8.42 Å². The van der Waals surface area contributed by atoms with Gasteiger partial charge in [0.15, 0.2) is 5.03 Å². The van der Waals surface area contributed by atoms with Crippen LogP contribution in [0.3, 0.4) is 0 Å². The fourth-order valence-electron chi connectivity index (χ4n) is 0.865. The summed E-state index contributed by atoms with van der Waals surface area (Å²) in [6.45, 7) is 3.25. The van der Waals surface area contributed by atoms with Gasteiger partial charge in [0.2, 0.25) is 0 Å². The van der Waals surface area contributed by atoms with Crippen molar-refractivity contribution in [3.8, 4) is 12.3 Å². The lowest BCUT2D eigenvalue weighted by Crippen LogP contribution is -2.31. The number of aryl methyl sites for hydroxylation is 1. The Labute approximate surface area is 83.0 Å². The maximum Gasteiger partial charge on any atom is 0.258 e. The van der Waals surface area contributed by atoms with E-state index in [0.717, 1.165) is 0 Å². The highest BCUT2D eigenvalue weighted by molar-refractivity contribution is 7.89. The maximum atomic E-state index is 11.5. The lowest BCUT2D eigenvalue weighted by molar-refractivity contribution is 0.574. The third-order valence-corrected chi connectivity index (χ3v) is 3.00. The van der Waals surface area contributed by atoms with Gasteiger partial charge >= 0.3 is 0 Å². The second-order valence-electron chi connectivity index (χ2n) is 2.84. The van der Waals surface area contributed by atoms with Crippen LogP contribution in [0.25, 0.3) is 0 Å². The molecule has 0 aliphatic carbocycles. The zero-order chi connectivity index (χ0) is 10.8. The monoisotopic (exact) mass is 213 g/mol. The first kappa shape index (κ1) is 10.8. The van der Waals surface area contributed by atoms with Crippen LogP contribution in [-0.4, -0.2) is 24.4 Å². The molecule has 0 spiro atoms. The molecule has 14 heavy (non-hydrogen) atoms. The molecular formula is C8H11N3O2S. The predicted molar refractivity (Wildman–Crippen MR) is 51.9 cm³/mol. The first-order valence-corrected chi connectivity index (χ1v) is 5.44. The lowest BCUT2D eigenvalue weighted by atomic mass is 10.4. The van der Waals surface area contributed by atoms with Crippen LogP contribution in [0.15, 0.2) is 11.2 Å². The van der Waals surface area contributed by atoms with E-state index >= 15 is 0 Å². The van der Waals surface area contributed by atoms with Gasteiger partial charge in [-0.05, 0) is 13.8 Å². The molecule has 0 aromatic carbocycles. The third-order valence-electron chi connectivity index (χ3n) is 1.55.